The Bertz CT molecular complexity index is 902. The largest absolute Gasteiger partial charge is 0.379 e. The van der Waals surface area contributed by atoms with Crippen molar-refractivity contribution in [1.29, 1.82) is 0 Å². The van der Waals surface area contributed by atoms with Gasteiger partial charge in [-0.25, -0.2) is 4.98 Å². The topological polar surface area (TPSA) is 76.5 Å². The molecule has 1 amide bonds. The van der Waals surface area contributed by atoms with Gasteiger partial charge in [0.05, 0.1) is 24.1 Å². The highest BCUT2D eigenvalue weighted by Crippen LogP contribution is 2.16. The van der Waals surface area contributed by atoms with Gasteiger partial charge >= 0.3 is 0 Å². The van der Waals surface area contributed by atoms with Gasteiger partial charge in [-0.1, -0.05) is 6.42 Å². The number of nitrogens with zero attached hydrogens (tertiary/aromatic N) is 3. The van der Waals surface area contributed by atoms with E-state index < -0.39 is 0 Å². The van der Waals surface area contributed by atoms with Crippen LogP contribution in [0.1, 0.15) is 41.9 Å². The van der Waals surface area contributed by atoms with E-state index in [4.69, 9.17) is 9.72 Å². The molecule has 0 unspecified atom stereocenters. The van der Waals surface area contributed by atoms with Crippen molar-refractivity contribution in [3.63, 3.8) is 0 Å². The third kappa shape index (κ3) is 4.25. The zero-order valence-electron chi connectivity index (χ0n) is 16.3. The van der Waals surface area contributed by atoms with Crippen molar-refractivity contribution in [1.82, 2.24) is 19.8 Å². The van der Waals surface area contributed by atoms with Gasteiger partial charge in [-0.2, -0.15) is 0 Å². The van der Waals surface area contributed by atoms with Crippen molar-refractivity contribution in [3.8, 4) is 0 Å². The first-order valence-electron chi connectivity index (χ1n) is 10.3. The van der Waals surface area contributed by atoms with Crippen LogP contribution < -0.4 is 10.9 Å². The van der Waals surface area contributed by atoms with E-state index >= 15 is 0 Å². The van der Waals surface area contributed by atoms with Gasteiger partial charge in [-0.15, -0.1) is 0 Å². The van der Waals surface area contributed by atoms with Crippen molar-refractivity contribution in [2.24, 2.45) is 0 Å². The Kier molecular flexibility index (Phi) is 6.02. The van der Waals surface area contributed by atoms with Gasteiger partial charge in [0.25, 0.3) is 11.5 Å². The first-order valence-corrected chi connectivity index (χ1v) is 10.3. The number of hydrogen-bond donors (Lipinski definition) is 1. The first kappa shape index (κ1) is 19.1. The van der Waals surface area contributed by atoms with Gasteiger partial charge in [-0.3, -0.25) is 19.1 Å². The van der Waals surface area contributed by atoms with E-state index in [0.717, 1.165) is 77.3 Å². The average molecular weight is 384 g/mol. The summed E-state index contributed by atoms with van der Waals surface area (Å²) in [5.74, 6) is 0.735. The maximum atomic E-state index is 12.8. The molecule has 28 heavy (non-hydrogen) atoms. The van der Waals surface area contributed by atoms with Gasteiger partial charge in [0.2, 0.25) is 0 Å². The summed E-state index contributed by atoms with van der Waals surface area (Å²) in [6.07, 6.45) is 4.93. The van der Waals surface area contributed by atoms with Gasteiger partial charge in [0.15, 0.2) is 0 Å². The van der Waals surface area contributed by atoms with E-state index in [1.165, 1.54) is 0 Å². The quantitative estimate of drug-likeness (QED) is 0.792. The van der Waals surface area contributed by atoms with Crippen molar-refractivity contribution in [3.05, 3.63) is 39.9 Å². The van der Waals surface area contributed by atoms with Crippen LogP contribution in [0.4, 0.5) is 0 Å². The minimum atomic E-state index is -0.110. The van der Waals surface area contributed by atoms with E-state index in [9.17, 15) is 9.59 Å². The number of hydrogen-bond acceptors (Lipinski definition) is 5. The van der Waals surface area contributed by atoms with Crippen LogP contribution >= 0.6 is 0 Å². The molecule has 2 aromatic rings. The standard InChI is InChI=1S/C21H28N4O3/c26-20(22-8-4-9-24-11-13-28-14-12-24)16-6-7-17-18(15-16)23-19-5-2-1-3-10-25(19)21(17)27/h6-7,15H,1-5,8-14H2,(H,22,26). The predicted octanol–water partition coefficient (Wildman–Crippen LogP) is 1.57. The molecular formula is C21H28N4O3. The summed E-state index contributed by atoms with van der Waals surface area (Å²) in [7, 11) is 0. The Balaban J connectivity index is 1.42. The number of fused-ring (bicyclic) bond motifs is 2. The van der Waals surface area contributed by atoms with Gasteiger partial charge in [0.1, 0.15) is 5.82 Å². The number of carbonyl (C=O) groups is 1. The second-order valence-corrected chi connectivity index (χ2v) is 7.59. The minimum Gasteiger partial charge on any atom is -0.379 e. The SMILES string of the molecule is O=C(NCCCN1CCOCC1)c1ccc2c(=O)n3c(nc2c1)CCCCC3. The Hall–Kier alpha value is -2.25. The molecular weight excluding hydrogens is 356 g/mol. The van der Waals surface area contributed by atoms with Gasteiger partial charge in [0, 0.05) is 38.2 Å². The molecule has 1 saturated heterocycles. The summed E-state index contributed by atoms with van der Waals surface area (Å²) in [5.41, 5.74) is 1.20. The lowest BCUT2D eigenvalue weighted by atomic mass is 10.1. The third-order valence-electron chi connectivity index (χ3n) is 5.62. The first-order chi connectivity index (χ1) is 13.7. The molecule has 0 aliphatic carbocycles. The van der Waals surface area contributed by atoms with E-state index in [2.05, 4.69) is 10.2 Å². The Morgan fingerprint density at radius 2 is 2.00 bits per heavy atom. The zero-order chi connectivity index (χ0) is 19.3. The number of nitrogens with one attached hydrogen (secondary N) is 1. The number of aromatic nitrogens is 2. The lowest BCUT2D eigenvalue weighted by Crippen LogP contribution is -2.38. The molecule has 1 aromatic heterocycles. The predicted molar refractivity (Wildman–Crippen MR) is 108 cm³/mol. The molecule has 1 aromatic carbocycles. The lowest BCUT2D eigenvalue weighted by Gasteiger charge is -2.26. The molecule has 1 N–H and O–H groups in total. The number of rotatable bonds is 5. The summed E-state index contributed by atoms with van der Waals surface area (Å²) in [5, 5.41) is 3.57. The molecule has 0 radical (unpaired) electrons. The van der Waals surface area contributed by atoms with Crippen molar-refractivity contribution in [2.75, 3.05) is 39.4 Å². The second-order valence-electron chi connectivity index (χ2n) is 7.59. The maximum absolute atomic E-state index is 12.8. The summed E-state index contributed by atoms with van der Waals surface area (Å²) in [4.78, 5) is 32.3. The van der Waals surface area contributed by atoms with E-state index in [1.54, 1.807) is 22.8 Å². The molecule has 1 fully saturated rings. The number of morpholine rings is 1. The Labute approximate surface area is 164 Å². The van der Waals surface area contributed by atoms with Gasteiger partial charge < -0.3 is 10.1 Å². The summed E-state index contributed by atoms with van der Waals surface area (Å²) >= 11 is 0. The minimum absolute atomic E-state index is 0.0133. The molecule has 4 rings (SSSR count). The highest BCUT2D eigenvalue weighted by atomic mass is 16.5. The highest BCUT2D eigenvalue weighted by Gasteiger charge is 2.15. The average Bonchev–Trinajstić information content (AvgIpc) is 2.97. The number of amides is 1. The summed E-state index contributed by atoms with van der Waals surface area (Å²) in [6.45, 7) is 5.84. The molecule has 7 nitrogen and oxygen atoms in total. The van der Waals surface area contributed by atoms with Crippen LogP contribution in [0.5, 0.6) is 0 Å². The van der Waals surface area contributed by atoms with Crippen LogP contribution in [0.15, 0.2) is 23.0 Å². The van der Waals surface area contributed by atoms with Crippen molar-refractivity contribution in [2.45, 2.75) is 38.6 Å². The molecule has 150 valence electrons. The number of ether oxygens (including phenoxy) is 1. The molecule has 2 aliphatic heterocycles. The lowest BCUT2D eigenvalue weighted by molar-refractivity contribution is 0.0374. The van der Waals surface area contributed by atoms with Crippen molar-refractivity contribution >= 4 is 16.8 Å². The molecule has 0 bridgehead atoms. The van der Waals surface area contributed by atoms with Crippen LogP contribution in [0, 0.1) is 0 Å². The Morgan fingerprint density at radius 1 is 1.14 bits per heavy atom. The molecule has 2 aliphatic rings. The molecule has 7 heteroatoms. The second kappa shape index (κ2) is 8.84. The third-order valence-corrected chi connectivity index (χ3v) is 5.62. The van der Waals surface area contributed by atoms with Crippen LogP contribution in [-0.2, 0) is 17.7 Å². The number of carbonyl (C=O) groups excluding carboxylic acids is 1. The summed E-state index contributed by atoms with van der Waals surface area (Å²) in [6, 6.07) is 5.22. The molecule has 3 heterocycles. The van der Waals surface area contributed by atoms with E-state index in [0.29, 0.717) is 23.0 Å². The smallest absolute Gasteiger partial charge is 0.261 e. The highest BCUT2D eigenvalue weighted by molar-refractivity contribution is 5.97. The molecule has 0 spiro atoms. The molecule has 0 saturated carbocycles. The van der Waals surface area contributed by atoms with Crippen LogP contribution in [0.2, 0.25) is 0 Å². The fourth-order valence-electron chi connectivity index (χ4n) is 3.99. The van der Waals surface area contributed by atoms with Crippen LogP contribution in [0.25, 0.3) is 10.9 Å². The monoisotopic (exact) mass is 384 g/mol. The Morgan fingerprint density at radius 3 is 2.86 bits per heavy atom. The number of aryl methyl sites for hydroxylation is 1. The van der Waals surface area contributed by atoms with Crippen LogP contribution in [-0.4, -0.2) is 59.8 Å². The normalized spacial score (nSPS) is 17.9. The van der Waals surface area contributed by atoms with E-state index in [1.807, 2.05) is 0 Å². The maximum Gasteiger partial charge on any atom is 0.261 e. The van der Waals surface area contributed by atoms with Crippen molar-refractivity contribution < 1.29 is 9.53 Å². The summed E-state index contributed by atoms with van der Waals surface area (Å²) < 4.78 is 7.15. The molecule has 0 atom stereocenters. The number of benzene rings is 1. The van der Waals surface area contributed by atoms with Gasteiger partial charge in [-0.05, 0) is 44.0 Å². The fourth-order valence-corrected chi connectivity index (χ4v) is 3.99. The fraction of sp³-hybridized carbons (Fsp3) is 0.571. The zero-order valence-corrected chi connectivity index (χ0v) is 16.3. The van der Waals surface area contributed by atoms with Crippen LogP contribution in [0.3, 0.4) is 0 Å². The van der Waals surface area contributed by atoms with E-state index in [-0.39, 0.29) is 11.5 Å².